The van der Waals surface area contributed by atoms with Crippen molar-refractivity contribution in [2.75, 3.05) is 12.4 Å². The molecule has 0 aromatic heterocycles. The number of nitrogens with one attached hydrogen (secondary N) is 2. The van der Waals surface area contributed by atoms with E-state index in [2.05, 4.69) is 10.6 Å². The van der Waals surface area contributed by atoms with Gasteiger partial charge in [0.25, 0.3) is 0 Å². The second-order valence-electron chi connectivity index (χ2n) is 3.76. The van der Waals surface area contributed by atoms with Gasteiger partial charge in [0.05, 0.1) is 7.11 Å². The Balaban J connectivity index is 2.63. The van der Waals surface area contributed by atoms with E-state index in [1.54, 1.807) is 6.07 Å². The Labute approximate surface area is 100 Å². The Bertz CT molecular complexity index is 396. The molecule has 0 spiro atoms. The maximum absolute atomic E-state index is 13.3. The third-order valence-corrected chi connectivity index (χ3v) is 2.40. The number of rotatable bonds is 4. The molecule has 0 aliphatic rings. The second kappa shape index (κ2) is 6.08. The highest BCUT2D eigenvalue weighted by Gasteiger charge is 2.08. The molecular weight excluding hydrogens is 223 g/mol. The summed E-state index contributed by atoms with van der Waals surface area (Å²) in [6.45, 7) is 3.87. The number of hydrogen-bond acceptors (Lipinski definition) is 2. The van der Waals surface area contributed by atoms with Gasteiger partial charge in [-0.3, -0.25) is 0 Å². The number of halogens is 1. The fourth-order valence-corrected chi connectivity index (χ4v) is 1.24. The molecule has 0 bridgehead atoms. The normalized spacial score (nSPS) is 11.8. The van der Waals surface area contributed by atoms with Crippen LogP contribution in [0.3, 0.4) is 0 Å². The van der Waals surface area contributed by atoms with E-state index < -0.39 is 5.82 Å². The summed E-state index contributed by atoms with van der Waals surface area (Å²) < 4.78 is 18.1. The largest absolute Gasteiger partial charge is 0.494 e. The van der Waals surface area contributed by atoms with Gasteiger partial charge in [-0.15, -0.1) is 0 Å². The number of hydrogen-bond donors (Lipinski definition) is 2. The number of urea groups is 1. The van der Waals surface area contributed by atoms with Crippen LogP contribution in [-0.2, 0) is 0 Å². The third-order valence-electron chi connectivity index (χ3n) is 2.40. The number of methoxy groups -OCH3 is 1. The molecule has 1 aromatic rings. The molecule has 0 unspecified atom stereocenters. The molecule has 94 valence electrons. The molecule has 2 N–H and O–H groups in total. The Hall–Kier alpha value is -1.78. The molecule has 0 aliphatic carbocycles. The van der Waals surface area contributed by atoms with Gasteiger partial charge in [-0.25, -0.2) is 9.18 Å². The molecule has 4 nitrogen and oxygen atoms in total. The van der Waals surface area contributed by atoms with Crippen LogP contribution in [0, 0.1) is 5.82 Å². The summed E-state index contributed by atoms with van der Waals surface area (Å²) in [4.78, 5) is 11.5. The molecule has 2 amide bonds. The monoisotopic (exact) mass is 240 g/mol. The van der Waals surface area contributed by atoms with Crippen LogP contribution in [0.15, 0.2) is 18.2 Å². The van der Waals surface area contributed by atoms with Crippen molar-refractivity contribution < 1.29 is 13.9 Å². The van der Waals surface area contributed by atoms with E-state index in [0.717, 1.165) is 6.42 Å². The average Bonchev–Trinajstić information content (AvgIpc) is 2.29. The van der Waals surface area contributed by atoms with Crippen LogP contribution in [0.25, 0.3) is 0 Å². The smallest absolute Gasteiger partial charge is 0.319 e. The predicted octanol–water partition coefficient (Wildman–Crippen LogP) is 2.75. The zero-order valence-corrected chi connectivity index (χ0v) is 10.2. The lowest BCUT2D eigenvalue weighted by atomic mass is 10.2. The highest BCUT2D eigenvalue weighted by atomic mass is 19.1. The highest BCUT2D eigenvalue weighted by molar-refractivity contribution is 5.89. The molecule has 0 fully saturated rings. The standard InChI is InChI=1S/C12H17FN2O2/c1-4-8(2)14-12(16)15-9-5-6-11(17-3)10(13)7-9/h5-8H,4H2,1-3H3,(H2,14,15,16)/t8-/m1/s1. The van der Waals surface area contributed by atoms with Crippen molar-refractivity contribution in [2.45, 2.75) is 26.3 Å². The predicted molar refractivity (Wildman–Crippen MR) is 64.9 cm³/mol. The van der Waals surface area contributed by atoms with E-state index in [-0.39, 0.29) is 17.8 Å². The molecule has 5 heteroatoms. The summed E-state index contributed by atoms with van der Waals surface area (Å²) in [6.07, 6.45) is 0.838. The minimum absolute atomic E-state index is 0.0816. The lowest BCUT2D eigenvalue weighted by Gasteiger charge is -2.12. The van der Waals surface area contributed by atoms with Crippen molar-refractivity contribution in [3.63, 3.8) is 0 Å². The molecule has 0 saturated heterocycles. The Kier molecular flexibility index (Phi) is 4.75. The maximum atomic E-state index is 13.3. The van der Waals surface area contributed by atoms with Gasteiger partial charge < -0.3 is 15.4 Å². The lowest BCUT2D eigenvalue weighted by Crippen LogP contribution is -2.35. The number of amides is 2. The minimum atomic E-state index is -0.506. The van der Waals surface area contributed by atoms with Crippen molar-refractivity contribution in [1.82, 2.24) is 5.32 Å². The first-order valence-corrected chi connectivity index (χ1v) is 5.47. The van der Waals surface area contributed by atoms with E-state index in [4.69, 9.17) is 4.74 Å². The second-order valence-corrected chi connectivity index (χ2v) is 3.76. The molecule has 1 atom stereocenters. The summed E-state index contributed by atoms with van der Waals surface area (Å²) in [7, 11) is 1.39. The number of ether oxygens (including phenoxy) is 1. The van der Waals surface area contributed by atoms with Gasteiger partial charge in [0, 0.05) is 17.8 Å². The summed E-state index contributed by atoms with van der Waals surface area (Å²) in [5.74, 6) is -0.355. The van der Waals surface area contributed by atoms with E-state index in [9.17, 15) is 9.18 Å². The first-order chi connectivity index (χ1) is 8.06. The lowest BCUT2D eigenvalue weighted by molar-refractivity contribution is 0.249. The molecule has 17 heavy (non-hydrogen) atoms. The van der Waals surface area contributed by atoms with Crippen LogP contribution < -0.4 is 15.4 Å². The first-order valence-electron chi connectivity index (χ1n) is 5.47. The average molecular weight is 240 g/mol. The van der Waals surface area contributed by atoms with Crippen molar-refractivity contribution >= 4 is 11.7 Å². The fourth-order valence-electron chi connectivity index (χ4n) is 1.24. The van der Waals surface area contributed by atoms with Gasteiger partial charge in [0.15, 0.2) is 11.6 Å². The van der Waals surface area contributed by atoms with Gasteiger partial charge in [0.2, 0.25) is 0 Å². The fraction of sp³-hybridized carbons (Fsp3) is 0.417. The van der Waals surface area contributed by atoms with Gasteiger partial charge in [-0.2, -0.15) is 0 Å². The summed E-state index contributed by atoms with van der Waals surface area (Å²) in [6, 6.07) is 4.00. The summed E-state index contributed by atoms with van der Waals surface area (Å²) in [5, 5.41) is 5.28. The van der Waals surface area contributed by atoms with Crippen LogP contribution in [0.1, 0.15) is 20.3 Å². The number of carbonyl (C=O) groups excluding carboxylic acids is 1. The van der Waals surface area contributed by atoms with Crippen molar-refractivity contribution in [2.24, 2.45) is 0 Å². The first kappa shape index (κ1) is 13.3. The number of benzene rings is 1. The van der Waals surface area contributed by atoms with Crippen LogP contribution in [-0.4, -0.2) is 19.2 Å². The van der Waals surface area contributed by atoms with Crippen molar-refractivity contribution in [1.29, 1.82) is 0 Å². The van der Waals surface area contributed by atoms with Crippen LogP contribution in [0.2, 0.25) is 0 Å². The summed E-state index contributed by atoms with van der Waals surface area (Å²) >= 11 is 0. The molecule has 0 aliphatic heterocycles. The van der Waals surface area contributed by atoms with E-state index in [1.165, 1.54) is 19.2 Å². The van der Waals surface area contributed by atoms with Gasteiger partial charge in [0.1, 0.15) is 0 Å². The quantitative estimate of drug-likeness (QED) is 0.850. The van der Waals surface area contributed by atoms with E-state index in [1.807, 2.05) is 13.8 Å². The van der Waals surface area contributed by atoms with Gasteiger partial charge in [-0.1, -0.05) is 6.92 Å². The van der Waals surface area contributed by atoms with Gasteiger partial charge >= 0.3 is 6.03 Å². The van der Waals surface area contributed by atoms with Crippen molar-refractivity contribution in [3.05, 3.63) is 24.0 Å². The Morgan fingerprint density at radius 3 is 2.76 bits per heavy atom. The topological polar surface area (TPSA) is 50.4 Å². The molecular formula is C12H17FN2O2. The van der Waals surface area contributed by atoms with Gasteiger partial charge in [-0.05, 0) is 25.5 Å². The Morgan fingerprint density at radius 2 is 2.24 bits per heavy atom. The number of carbonyl (C=O) groups is 1. The van der Waals surface area contributed by atoms with E-state index >= 15 is 0 Å². The SMILES string of the molecule is CC[C@@H](C)NC(=O)Nc1ccc(OC)c(F)c1. The van der Waals surface area contributed by atoms with Crippen LogP contribution in [0.4, 0.5) is 14.9 Å². The summed E-state index contributed by atoms with van der Waals surface area (Å²) in [5.41, 5.74) is 0.393. The van der Waals surface area contributed by atoms with Crippen molar-refractivity contribution in [3.8, 4) is 5.75 Å². The zero-order chi connectivity index (χ0) is 12.8. The molecule has 0 heterocycles. The molecule has 0 radical (unpaired) electrons. The highest BCUT2D eigenvalue weighted by Crippen LogP contribution is 2.20. The van der Waals surface area contributed by atoms with Crippen LogP contribution in [0.5, 0.6) is 5.75 Å². The molecule has 1 aromatic carbocycles. The minimum Gasteiger partial charge on any atom is -0.494 e. The maximum Gasteiger partial charge on any atom is 0.319 e. The van der Waals surface area contributed by atoms with Crippen LogP contribution >= 0.6 is 0 Å². The Morgan fingerprint density at radius 1 is 1.53 bits per heavy atom. The molecule has 1 rings (SSSR count). The number of anilines is 1. The zero-order valence-electron chi connectivity index (χ0n) is 10.2. The third kappa shape index (κ3) is 3.94. The van der Waals surface area contributed by atoms with E-state index in [0.29, 0.717) is 5.69 Å². The molecule has 0 saturated carbocycles.